The van der Waals surface area contributed by atoms with Crippen molar-refractivity contribution in [2.45, 2.75) is 59.8 Å². The molecule has 1 aliphatic carbocycles. The van der Waals surface area contributed by atoms with Crippen LogP contribution in [-0.4, -0.2) is 35.8 Å². The molecule has 3 atom stereocenters. The van der Waals surface area contributed by atoms with Crippen molar-refractivity contribution >= 4 is 47.0 Å². The summed E-state index contributed by atoms with van der Waals surface area (Å²) in [6.07, 6.45) is 17.8. The lowest BCUT2D eigenvalue weighted by Gasteiger charge is -2.27. The fourth-order valence-corrected chi connectivity index (χ4v) is 9.75. The lowest BCUT2D eigenvalue weighted by molar-refractivity contribution is -0.131. The van der Waals surface area contributed by atoms with Crippen LogP contribution in [0.1, 0.15) is 93.2 Å². The van der Waals surface area contributed by atoms with Crippen molar-refractivity contribution in [2.24, 2.45) is 5.92 Å². The Labute approximate surface area is 536 Å². The Morgan fingerprint density at radius 2 is 0.804 bits per heavy atom. The number of hydrogen-bond donors (Lipinski definition) is 0. The Balaban J connectivity index is 1.32. The first-order chi connectivity index (χ1) is 44.0. The van der Waals surface area contributed by atoms with Gasteiger partial charge in [-0.25, -0.2) is 28.8 Å². The van der Waals surface area contributed by atoms with Crippen LogP contribution in [-0.2, 0) is 28.8 Å². The van der Waals surface area contributed by atoms with Gasteiger partial charge in [0.05, 0.1) is 0 Å². The maximum atomic E-state index is 13.6. The van der Waals surface area contributed by atoms with Crippen molar-refractivity contribution in [3.8, 4) is 69.1 Å². The molecule has 7 aromatic rings. The summed E-state index contributed by atoms with van der Waals surface area (Å²) in [6, 6.07) is 47.5. The van der Waals surface area contributed by atoms with E-state index in [1.807, 2.05) is 115 Å². The van der Waals surface area contributed by atoms with Crippen molar-refractivity contribution in [1.82, 2.24) is 0 Å². The van der Waals surface area contributed by atoms with Gasteiger partial charge in [-0.2, -0.15) is 0 Å². The summed E-state index contributed by atoms with van der Waals surface area (Å²) in [7, 11) is 0. The second-order valence-electron chi connectivity index (χ2n) is 22.3. The molecular weight excluding hydrogens is 1150 g/mol. The van der Waals surface area contributed by atoms with Crippen molar-refractivity contribution < 1.29 is 57.2 Å². The lowest BCUT2D eigenvalue weighted by atomic mass is 9.78. The molecule has 0 bridgehead atoms. The van der Waals surface area contributed by atoms with Gasteiger partial charge in [0.1, 0.15) is 34.5 Å². The summed E-state index contributed by atoms with van der Waals surface area (Å²) < 4.78 is 34.5. The first kappa shape index (κ1) is 66.3. The first-order valence-corrected chi connectivity index (χ1v) is 29.2. The zero-order valence-electron chi connectivity index (χ0n) is 52.1. The van der Waals surface area contributed by atoms with Gasteiger partial charge in [-0.3, -0.25) is 0 Å². The van der Waals surface area contributed by atoms with Crippen LogP contribution in [0.4, 0.5) is 0 Å². The van der Waals surface area contributed by atoms with E-state index in [1.54, 1.807) is 108 Å². The van der Waals surface area contributed by atoms with Crippen LogP contribution in [0.15, 0.2) is 267 Å². The van der Waals surface area contributed by atoms with Crippen LogP contribution in [0.25, 0.3) is 33.4 Å². The molecule has 0 radical (unpaired) electrons. The van der Waals surface area contributed by atoms with E-state index in [0.717, 1.165) is 55.7 Å². The topological polar surface area (TPSA) is 158 Å². The van der Waals surface area contributed by atoms with Crippen LogP contribution < -0.4 is 28.4 Å². The number of hydrogen-bond acceptors (Lipinski definition) is 12. The van der Waals surface area contributed by atoms with E-state index in [1.165, 1.54) is 0 Å². The number of esters is 6. The number of terminal acetylenes is 1. The highest BCUT2D eigenvalue weighted by atomic mass is 16.6. The second-order valence-corrected chi connectivity index (χ2v) is 22.3. The minimum absolute atomic E-state index is 0.184. The first-order valence-electron chi connectivity index (χ1n) is 29.2. The van der Waals surface area contributed by atoms with Gasteiger partial charge in [0.15, 0.2) is 0 Å². The van der Waals surface area contributed by atoms with Crippen LogP contribution in [0.3, 0.4) is 0 Å². The molecule has 92 heavy (non-hydrogen) atoms. The van der Waals surface area contributed by atoms with Gasteiger partial charge in [-0.15, -0.1) is 6.42 Å². The summed E-state index contributed by atoms with van der Waals surface area (Å²) in [5, 5.41) is 0. The van der Waals surface area contributed by atoms with Crippen LogP contribution in [0.5, 0.6) is 34.5 Å². The van der Waals surface area contributed by atoms with Crippen LogP contribution >= 0.6 is 0 Å². The standard InChI is InChI=1S/C80H68O12/c1-14-15-16-54(55-23-34-65(35-24-55)87-75(81)48(2)3)31-42-69(70-46-62(32-43-72(70)91-79(85)52(10)11)57-27-38-67(39-28-57)89-77(83)50(6)7)59-17-19-60(20-18-59)74(64-22-21-61(45-64)56-25-36-66(37-26-56)88-76(82)49(4)5)71-47-63(33-44-73(71)92-80(86)53(12)13)58-29-40-68(41-30-58)90-78(84)51(8)9/h1,15-41,43-47,64,69,74H,2,4,6,8,10,12,42H2,3,5,7,9,11,13H3/b16-15-,54-31+. The predicted octanol–water partition coefficient (Wildman–Crippen LogP) is 17.1. The Kier molecular flexibility index (Phi) is 21.6. The smallest absolute Gasteiger partial charge is 0.338 e. The Morgan fingerprint density at radius 1 is 0.446 bits per heavy atom. The number of benzene rings is 7. The Hall–Kier alpha value is -11.7. The molecule has 0 saturated carbocycles. The molecule has 12 heteroatoms. The van der Waals surface area contributed by atoms with Crippen LogP contribution in [0, 0.1) is 18.3 Å². The normalized spacial score (nSPS) is 13.1. The van der Waals surface area contributed by atoms with Crippen molar-refractivity contribution in [1.29, 1.82) is 0 Å². The molecule has 0 amide bonds. The molecule has 0 heterocycles. The largest absolute Gasteiger partial charge is 0.423 e. The minimum atomic E-state index is -0.632. The zero-order valence-corrected chi connectivity index (χ0v) is 52.1. The van der Waals surface area contributed by atoms with Crippen molar-refractivity contribution in [2.75, 3.05) is 0 Å². The van der Waals surface area contributed by atoms with E-state index in [0.29, 0.717) is 46.3 Å². The third-order valence-electron chi connectivity index (χ3n) is 14.7. The fraction of sp³-hybridized carbons (Fsp3) is 0.125. The molecule has 460 valence electrons. The van der Waals surface area contributed by atoms with Gasteiger partial charge in [0, 0.05) is 62.3 Å². The lowest BCUT2D eigenvalue weighted by Crippen LogP contribution is -2.15. The van der Waals surface area contributed by atoms with Gasteiger partial charge in [-0.05, 0) is 189 Å². The Bertz CT molecular complexity index is 4290. The molecule has 12 nitrogen and oxygen atoms in total. The van der Waals surface area contributed by atoms with Gasteiger partial charge in [0.25, 0.3) is 0 Å². The van der Waals surface area contributed by atoms with Gasteiger partial charge in [-0.1, -0.05) is 155 Å². The predicted molar refractivity (Wildman–Crippen MR) is 361 cm³/mol. The van der Waals surface area contributed by atoms with E-state index >= 15 is 0 Å². The van der Waals surface area contributed by atoms with Gasteiger partial charge >= 0.3 is 35.8 Å². The molecule has 1 aliphatic rings. The maximum Gasteiger partial charge on any atom is 0.338 e. The third-order valence-corrected chi connectivity index (χ3v) is 14.7. The fourth-order valence-electron chi connectivity index (χ4n) is 9.75. The van der Waals surface area contributed by atoms with Gasteiger partial charge < -0.3 is 28.4 Å². The third kappa shape index (κ3) is 16.9. The van der Waals surface area contributed by atoms with Crippen molar-refractivity contribution in [3.05, 3.63) is 300 Å². The van der Waals surface area contributed by atoms with Gasteiger partial charge in [0.2, 0.25) is 0 Å². The molecule has 0 aliphatic heterocycles. The molecule has 0 fully saturated rings. The number of allylic oxidation sites excluding steroid dienone is 8. The summed E-state index contributed by atoms with van der Waals surface area (Å²) in [5.41, 5.74) is 10.6. The molecule has 0 saturated heterocycles. The molecule has 7 aromatic carbocycles. The average molecular weight is 1220 g/mol. The van der Waals surface area contributed by atoms with Crippen LogP contribution in [0.2, 0.25) is 0 Å². The zero-order chi connectivity index (χ0) is 66.3. The molecule has 3 unspecified atom stereocenters. The molecule has 0 N–H and O–H groups in total. The van der Waals surface area contributed by atoms with Crippen molar-refractivity contribution in [3.63, 3.8) is 0 Å². The van der Waals surface area contributed by atoms with E-state index in [4.69, 9.17) is 34.8 Å². The highest BCUT2D eigenvalue weighted by Crippen LogP contribution is 2.46. The molecule has 0 aromatic heterocycles. The minimum Gasteiger partial charge on any atom is -0.423 e. The van der Waals surface area contributed by atoms with E-state index < -0.39 is 47.7 Å². The molecule has 0 spiro atoms. The average Bonchev–Trinajstić information content (AvgIpc) is 1.26. The number of carbonyl (C=O) groups is 6. The van der Waals surface area contributed by atoms with E-state index in [-0.39, 0.29) is 45.1 Å². The SMILES string of the molecule is C#C/C=C\C(=C/CC(c1ccc(C(c2cc(-c3ccc(OC(=O)C(=C)C)cc3)ccc2OC(=O)C(=C)C)C2C=CC(c3ccc(OC(=O)C(=C)C)cc3)=C2)cc1)c1cc(-c2ccc(OC(=O)C(=C)C)cc2)ccc1OC(=O)C(=C)C)c1ccc(OC(=O)C(=C)C)cc1. The number of rotatable bonds is 24. The molecular formula is C80H68O12. The second kappa shape index (κ2) is 30.0. The summed E-state index contributed by atoms with van der Waals surface area (Å²) >= 11 is 0. The number of carbonyl (C=O) groups excluding carboxylic acids is 6. The van der Waals surface area contributed by atoms with E-state index in [2.05, 4.69) is 57.5 Å². The van der Waals surface area contributed by atoms with E-state index in [9.17, 15) is 28.8 Å². The maximum absolute atomic E-state index is 13.6. The summed E-state index contributed by atoms with van der Waals surface area (Å²) in [5.74, 6) is -0.414. The number of ether oxygens (including phenoxy) is 6. The summed E-state index contributed by atoms with van der Waals surface area (Å²) in [4.78, 5) is 77.1. The summed E-state index contributed by atoms with van der Waals surface area (Å²) in [6.45, 7) is 32.0. The monoisotopic (exact) mass is 1220 g/mol. The highest BCUT2D eigenvalue weighted by Gasteiger charge is 2.31. The Morgan fingerprint density at radius 3 is 1.22 bits per heavy atom. The quantitative estimate of drug-likeness (QED) is 0.0186. The highest BCUT2D eigenvalue weighted by molar-refractivity contribution is 5.92. The molecule has 8 rings (SSSR count).